The molecule has 1 aliphatic rings. The third kappa shape index (κ3) is 1.99. The third-order valence-corrected chi connectivity index (χ3v) is 4.39. The van der Waals surface area contributed by atoms with Crippen LogP contribution in [0.15, 0.2) is 24.3 Å². The number of fused-ring (bicyclic) bond motifs is 1. The van der Waals surface area contributed by atoms with Gasteiger partial charge < -0.3 is 10.0 Å². The van der Waals surface area contributed by atoms with Gasteiger partial charge in [-0.1, -0.05) is 31.2 Å². The molecule has 1 aliphatic carbocycles. The Morgan fingerprint density at radius 3 is 2.60 bits per heavy atom. The molecule has 108 valence electrons. The molecule has 1 amide bonds. The molecule has 0 bridgehead atoms. The monoisotopic (exact) mass is 275 g/mol. The van der Waals surface area contributed by atoms with Crippen molar-refractivity contribution in [3.05, 3.63) is 35.4 Å². The second-order valence-electron chi connectivity index (χ2n) is 5.46. The Morgan fingerprint density at radius 1 is 1.40 bits per heavy atom. The number of benzene rings is 1. The average molecular weight is 275 g/mol. The molecule has 0 aliphatic heterocycles. The Morgan fingerprint density at radius 2 is 2.05 bits per heavy atom. The molecule has 2 atom stereocenters. The molecular formula is C16H21NO3. The van der Waals surface area contributed by atoms with Crippen molar-refractivity contribution in [2.45, 2.75) is 45.1 Å². The number of carbonyl (C=O) groups is 2. The minimum Gasteiger partial charge on any atom is -0.479 e. The second kappa shape index (κ2) is 5.27. The normalized spacial score (nSPS) is 24.9. The van der Waals surface area contributed by atoms with E-state index in [2.05, 4.69) is 6.92 Å². The lowest BCUT2D eigenvalue weighted by atomic mass is 9.71. The second-order valence-corrected chi connectivity index (χ2v) is 5.46. The topological polar surface area (TPSA) is 57.6 Å². The van der Waals surface area contributed by atoms with E-state index in [0.29, 0.717) is 18.9 Å². The summed E-state index contributed by atoms with van der Waals surface area (Å²) in [4.78, 5) is 25.5. The number of carboxylic acid groups (broad SMARTS) is 1. The maximum absolute atomic E-state index is 12.1. The van der Waals surface area contributed by atoms with Crippen LogP contribution >= 0.6 is 0 Å². The highest BCUT2D eigenvalue weighted by Crippen LogP contribution is 2.45. The van der Waals surface area contributed by atoms with Crippen molar-refractivity contribution in [3.63, 3.8) is 0 Å². The summed E-state index contributed by atoms with van der Waals surface area (Å²) in [6.07, 6.45) is 1.24. The standard InChI is InChI=1S/C16H21NO3/c1-4-17(12(3)18)16(15(19)20)10-9-11(2)13-7-5-6-8-14(13)16/h5-8,11H,4,9-10H2,1-3H3,(H,19,20). The van der Waals surface area contributed by atoms with E-state index < -0.39 is 11.5 Å². The molecule has 0 spiro atoms. The van der Waals surface area contributed by atoms with E-state index in [-0.39, 0.29) is 5.91 Å². The summed E-state index contributed by atoms with van der Waals surface area (Å²) in [5.41, 5.74) is 0.591. The van der Waals surface area contributed by atoms with Crippen molar-refractivity contribution in [1.82, 2.24) is 4.90 Å². The average Bonchev–Trinajstić information content (AvgIpc) is 2.42. The number of aliphatic carboxylic acids is 1. The molecule has 0 fully saturated rings. The van der Waals surface area contributed by atoms with Crippen LogP contribution in [0, 0.1) is 0 Å². The Bertz CT molecular complexity index is 540. The predicted molar refractivity (Wildman–Crippen MR) is 76.5 cm³/mol. The molecule has 4 heteroatoms. The van der Waals surface area contributed by atoms with Crippen molar-refractivity contribution < 1.29 is 14.7 Å². The van der Waals surface area contributed by atoms with Gasteiger partial charge in [0.2, 0.25) is 5.91 Å². The minimum atomic E-state index is -1.22. The maximum Gasteiger partial charge on any atom is 0.334 e. The Balaban J connectivity index is 2.69. The SMILES string of the molecule is CCN(C(C)=O)C1(C(=O)O)CCC(C)c2ccccc21. The molecule has 0 radical (unpaired) electrons. The zero-order chi connectivity index (χ0) is 14.9. The van der Waals surface area contributed by atoms with E-state index in [1.165, 1.54) is 11.8 Å². The first kappa shape index (κ1) is 14.6. The summed E-state index contributed by atoms with van der Waals surface area (Å²) >= 11 is 0. The van der Waals surface area contributed by atoms with Crippen LogP contribution < -0.4 is 0 Å². The van der Waals surface area contributed by atoms with E-state index in [9.17, 15) is 14.7 Å². The van der Waals surface area contributed by atoms with Crippen LogP contribution in [0.3, 0.4) is 0 Å². The van der Waals surface area contributed by atoms with Crippen LogP contribution in [0.5, 0.6) is 0 Å². The molecule has 20 heavy (non-hydrogen) atoms. The van der Waals surface area contributed by atoms with Crippen molar-refractivity contribution in [1.29, 1.82) is 0 Å². The lowest BCUT2D eigenvalue weighted by Gasteiger charge is -2.45. The third-order valence-electron chi connectivity index (χ3n) is 4.39. The molecule has 1 aromatic rings. The van der Waals surface area contributed by atoms with Gasteiger partial charge in [0.05, 0.1) is 0 Å². The first-order chi connectivity index (χ1) is 9.45. The zero-order valence-electron chi connectivity index (χ0n) is 12.2. The van der Waals surface area contributed by atoms with Crippen LogP contribution in [-0.2, 0) is 15.1 Å². The Labute approximate surface area is 119 Å². The fraction of sp³-hybridized carbons (Fsp3) is 0.500. The van der Waals surface area contributed by atoms with Gasteiger partial charge in [-0.25, -0.2) is 4.79 Å². The van der Waals surface area contributed by atoms with Crippen LogP contribution in [0.4, 0.5) is 0 Å². The van der Waals surface area contributed by atoms with E-state index >= 15 is 0 Å². The number of hydrogen-bond acceptors (Lipinski definition) is 2. The molecule has 0 saturated heterocycles. The van der Waals surface area contributed by atoms with Gasteiger partial charge >= 0.3 is 5.97 Å². The van der Waals surface area contributed by atoms with Crippen LogP contribution in [0.2, 0.25) is 0 Å². The van der Waals surface area contributed by atoms with Gasteiger partial charge in [0.25, 0.3) is 0 Å². The van der Waals surface area contributed by atoms with Gasteiger partial charge in [-0.15, -0.1) is 0 Å². The van der Waals surface area contributed by atoms with E-state index in [1.807, 2.05) is 31.2 Å². The predicted octanol–water partition coefficient (Wildman–Crippen LogP) is 2.73. The molecule has 0 heterocycles. The summed E-state index contributed by atoms with van der Waals surface area (Å²) in [7, 11) is 0. The van der Waals surface area contributed by atoms with Crippen molar-refractivity contribution >= 4 is 11.9 Å². The molecule has 2 unspecified atom stereocenters. The van der Waals surface area contributed by atoms with Crippen molar-refractivity contribution in [2.75, 3.05) is 6.54 Å². The van der Waals surface area contributed by atoms with E-state index in [0.717, 1.165) is 17.5 Å². The number of nitrogens with zero attached hydrogens (tertiary/aromatic N) is 1. The number of carbonyl (C=O) groups excluding carboxylic acids is 1. The Hall–Kier alpha value is -1.84. The number of carboxylic acids is 1. The van der Waals surface area contributed by atoms with Crippen LogP contribution in [0.1, 0.15) is 50.7 Å². The summed E-state index contributed by atoms with van der Waals surface area (Å²) in [5.74, 6) is -0.808. The quantitative estimate of drug-likeness (QED) is 0.922. The van der Waals surface area contributed by atoms with Gasteiger partial charge in [-0.3, -0.25) is 4.79 Å². The molecule has 2 rings (SSSR count). The van der Waals surface area contributed by atoms with E-state index in [4.69, 9.17) is 0 Å². The number of likely N-dealkylation sites (N-methyl/N-ethyl adjacent to an activating group) is 1. The first-order valence-electron chi connectivity index (χ1n) is 7.06. The summed E-state index contributed by atoms with van der Waals surface area (Å²) < 4.78 is 0. The molecule has 0 aromatic heterocycles. The zero-order valence-corrected chi connectivity index (χ0v) is 12.2. The van der Waals surface area contributed by atoms with Crippen molar-refractivity contribution in [2.24, 2.45) is 0 Å². The number of rotatable bonds is 3. The molecule has 0 saturated carbocycles. The van der Waals surface area contributed by atoms with E-state index in [1.54, 1.807) is 0 Å². The van der Waals surface area contributed by atoms with Crippen LogP contribution in [0.25, 0.3) is 0 Å². The summed E-state index contributed by atoms with van der Waals surface area (Å²) in [6.45, 7) is 5.76. The minimum absolute atomic E-state index is 0.195. The molecule has 1 N–H and O–H groups in total. The van der Waals surface area contributed by atoms with Gasteiger partial charge in [0, 0.05) is 13.5 Å². The summed E-state index contributed by atoms with van der Waals surface area (Å²) in [5, 5.41) is 9.88. The molecule has 1 aromatic carbocycles. The van der Waals surface area contributed by atoms with Crippen molar-refractivity contribution in [3.8, 4) is 0 Å². The first-order valence-corrected chi connectivity index (χ1v) is 7.06. The fourth-order valence-corrected chi connectivity index (χ4v) is 3.40. The lowest BCUT2D eigenvalue weighted by molar-refractivity contribution is -0.161. The maximum atomic E-state index is 12.1. The fourth-order valence-electron chi connectivity index (χ4n) is 3.40. The largest absolute Gasteiger partial charge is 0.479 e. The highest BCUT2D eigenvalue weighted by molar-refractivity contribution is 5.88. The lowest BCUT2D eigenvalue weighted by Crippen LogP contribution is -2.55. The molecule has 4 nitrogen and oxygen atoms in total. The molecular weight excluding hydrogens is 254 g/mol. The van der Waals surface area contributed by atoms with Gasteiger partial charge in [0.15, 0.2) is 5.54 Å². The highest BCUT2D eigenvalue weighted by Gasteiger charge is 2.50. The van der Waals surface area contributed by atoms with Gasteiger partial charge in [-0.2, -0.15) is 0 Å². The number of hydrogen-bond donors (Lipinski definition) is 1. The smallest absolute Gasteiger partial charge is 0.334 e. The van der Waals surface area contributed by atoms with Gasteiger partial charge in [0.1, 0.15) is 0 Å². The van der Waals surface area contributed by atoms with Gasteiger partial charge in [-0.05, 0) is 36.8 Å². The Kier molecular flexibility index (Phi) is 3.84. The summed E-state index contributed by atoms with van der Waals surface area (Å²) in [6, 6.07) is 7.61. The van der Waals surface area contributed by atoms with Crippen LogP contribution in [-0.4, -0.2) is 28.4 Å². The highest BCUT2D eigenvalue weighted by atomic mass is 16.4. The number of amides is 1.